The number of aromatic hydroxyl groups is 1. The number of phenols is 1. The quantitative estimate of drug-likeness (QED) is 0.592. The molecule has 0 bridgehead atoms. The van der Waals surface area contributed by atoms with Crippen LogP contribution in [0.2, 0.25) is 0 Å². The number of carbonyl (C=O) groups excluding carboxylic acids is 1. The number of amides is 1. The van der Waals surface area contributed by atoms with Gasteiger partial charge in [-0.1, -0.05) is 31.0 Å². The predicted molar refractivity (Wildman–Crippen MR) is 108 cm³/mol. The number of sulfonamides is 1. The summed E-state index contributed by atoms with van der Waals surface area (Å²) in [6.07, 6.45) is 5.33. The van der Waals surface area contributed by atoms with Crippen LogP contribution in [0.4, 0.5) is 0 Å². The zero-order valence-electron chi connectivity index (χ0n) is 15.7. The Morgan fingerprint density at radius 1 is 1.07 bits per heavy atom. The molecule has 0 unspecified atom stereocenters. The third-order valence-electron chi connectivity index (χ3n) is 4.95. The van der Waals surface area contributed by atoms with Crippen LogP contribution in [0.25, 0.3) is 0 Å². The standard InChI is InChI=1S/C21H26N2O4S/c24-19-12-10-16(11-13-19)5-4-14-22-21(25)17-6-3-9-20(15-17)28(26,27)23-18-7-1-2-8-18/h3,6,9-13,15,18,23-24H,1-2,4-5,7-8,14H2,(H,22,25). The Balaban J connectivity index is 1.53. The van der Waals surface area contributed by atoms with Crippen molar-refractivity contribution in [1.82, 2.24) is 10.0 Å². The van der Waals surface area contributed by atoms with E-state index in [1.807, 2.05) is 12.1 Å². The van der Waals surface area contributed by atoms with E-state index in [-0.39, 0.29) is 22.6 Å². The Morgan fingerprint density at radius 3 is 2.50 bits per heavy atom. The summed E-state index contributed by atoms with van der Waals surface area (Å²) < 4.78 is 27.8. The second-order valence-electron chi connectivity index (χ2n) is 7.16. The second-order valence-corrected chi connectivity index (χ2v) is 8.87. The summed E-state index contributed by atoms with van der Waals surface area (Å²) in [6, 6.07) is 13.1. The Hall–Kier alpha value is -2.38. The van der Waals surface area contributed by atoms with Crippen LogP contribution in [-0.2, 0) is 16.4 Å². The monoisotopic (exact) mass is 402 g/mol. The fourth-order valence-corrected chi connectivity index (χ4v) is 4.75. The number of carbonyl (C=O) groups is 1. The molecule has 0 spiro atoms. The lowest BCUT2D eigenvalue weighted by atomic mass is 10.1. The van der Waals surface area contributed by atoms with Gasteiger partial charge in [0.1, 0.15) is 5.75 Å². The Bertz CT molecular complexity index is 904. The Labute approximate surface area is 166 Å². The van der Waals surface area contributed by atoms with E-state index in [0.29, 0.717) is 12.1 Å². The average Bonchev–Trinajstić information content (AvgIpc) is 3.19. The van der Waals surface area contributed by atoms with Gasteiger partial charge in [-0.15, -0.1) is 0 Å². The van der Waals surface area contributed by atoms with Crippen molar-refractivity contribution in [1.29, 1.82) is 0 Å². The topological polar surface area (TPSA) is 95.5 Å². The van der Waals surface area contributed by atoms with Gasteiger partial charge in [-0.25, -0.2) is 13.1 Å². The number of rotatable bonds is 8. The van der Waals surface area contributed by atoms with Crippen molar-refractivity contribution in [2.24, 2.45) is 0 Å². The summed E-state index contributed by atoms with van der Waals surface area (Å²) in [5, 5.41) is 12.1. The van der Waals surface area contributed by atoms with Crippen molar-refractivity contribution in [3.8, 4) is 5.75 Å². The fraction of sp³-hybridized carbons (Fsp3) is 0.381. The lowest BCUT2D eigenvalue weighted by Gasteiger charge is -2.13. The molecule has 150 valence electrons. The summed E-state index contributed by atoms with van der Waals surface area (Å²) in [6.45, 7) is 0.483. The summed E-state index contributed by atoms with van der Waals surface area (Å²) in [5.74, 6) is -0.0575. The van der Waals surface area contributed by atoms with E-state index < -0.39 is 10.0 Å². The molecule has 0 aliphatic heterocycles. The van der Waals surface area contributed by atoms with Gasteiger partial charge in [0.2, 0.25) is 10.0 Å². The number of nitrogens with one attached hydrogen (secondary N) is 2. The van der Waals surface area contributed by atoms with Gasteiger partial charge >= 0.3 is 0 Å². The van der Waals surface area contributed by atoms with Gasteiger partial charge in [0.25, 0.3) is 5.91 Å². The van der Waals surface area contributed by atoms with Crippen LogP contribution in [0.3, 0.4) is 0 Å². The first kappa shape index (κ1) is 20.4. The number of aryl methyl sites for hydroxylation is 1. The molecule has 0 radical (unpaired) electrons. The molecule has 3 N–H and O–H groups in total. The molecule has 2 aromatic carbocycles. The van der Waals surface area contributed by atoms with Crippen molar-refractivity contribution < 1.29 is 18.3 Å². The minimum atomic E-state index is -3.61. The first-order valence-electron chi connectivity index (χ1n) is 9.62. The van der Waals surface area contributed by atoms with Crippen LogP contribution in [0.1, 0.15) is 48.0 Å². The predicted octanol–water partition coefficient (Wildman–Crippen LogP) is 2.98. The molecule has 0 saturated heterocycles. The molecule has 1 fully saturated rings. The molecule has 6 nitrogen and oxygen atoms in total. The van der Waals surface area contributed by atoms with E-state index in [1.165, 1.54) is 12.1 Å². The molecule has 0 aromatic heterocycles. The molecule has 1 aliphatic rings. The maximum atomic E-state index is 12.5. The van der Waals surface area contributed by atoms with Gasteiger partial charge in [-0.3, -0.25) is 4.79 Å². The van der Waals surface area contributed by atoms with Crippen LogP contribution in [0.5, 0.6) is 5.75 Å². The van der Waals surface area contributed by atoms with Gasteiger partial charge in [0, 0.05) is 18.2 Å². The molecule has 2 aromatic rings. The average molecular weight is 403 g/mol. The Morgan fingerprint density at radius 2 is 1.79 bits per heavy atom. The minimum Gasteiger partial charge on any atom is -0.508 e. The number of hydrogen-bond donors (Lipinski definition) is 3. The molecular weight excluding hydrogens is 376 g/mol. The minimum absolute atomic E-state index is 0.0117. The summed E-state index contributed by atoms with van der Waals surface area (Å²) in [5.41, 5.74) is 1.41. The van der Waals surface area contributed by atoms with E-state index in [4.69, 9.17) is 0 Å². The van der Waals surface area contributed by atoms with Crippen molar-refractivity contribution >= 4 is 15.9 Å². The highest BCUT2D eigenvalue weighted by atomic mass is 32.2. The fourth-order valence-electron chi connectivity index (χ4n) is 3.39. The van der Waals surface area contributed by atoms with Crippen molar-refractivity contribution in [3.05, 3.63) is 59.7 Å². The molecule has 7 heteroatoms. The number of benzene rings is 2. The molecule has 1 saturated carbocycles. The van der Waals surface area contributed by atoms with Gasteiger partial charge in [-0.05, 0) is 61.6 Å². The number of hydrogen-bond acceptors (Lipinski definition) is 4. The van der Waals surface area contributed by atoms with Gasteiger partial charge < -0.3 is 10.4 Å². The second kappa shape index (κ2) is 9.21. The van der Waals surface area contributed by atoms with Crippen molar-refractivity contribution in [3.63, 3.8) is 0 Å². The van der Waals surface area contributed by atoms with E-state index in [0.717, 1.165) is 44.1 Å². The van der Waals surface area contributed by atoms with Gasteiger partial charge in [0.05, 0.1) is 4.90 Å². The van der Waals surface area contributed by atoms with Crippen LogP contribution >= 0.6 is 0 Å². The van der Waals surface area contributed by atoms with E-state index in [9.17, 15) is 18.3 Å². The van der Waals surface area contributed by atoms with Gasteiger partial charge in [0.15, 0.2) is 0 Å². The molecule has 3 rings (SSSR count). The summed E-state index contributed by atoms with van der Waals surface area (Å²) >= 11 is 0. The molecule has 0 atom stereocenters. The SMILES string of the molecule is O=C(NCCCc1ccc(O)cc1)c1cccc(S(=O)(=O)NC2CCCC2)c1. The highest BCUT2D eigenvalue weighted by Crippen LogP contribution is 2.21. The van der Waals surface area contributed by atoms with Crippen molar-refractivity contribution in [2.75, 3.05) is 6.54 Å². The zero-order chi connectivity index (χ0) is 20.0. The zero-order valence-corrected chi connectivity index (χ0v) is 16.5. The molecule has 28 heavy (non-hydrogen) atoms. The van der Waals surface area contributed by atoms with Crippen LogP contribution in [0, 0.1) is 0 Å². The lowest BCUT2D eigenvalue weighted by molar-refractivity contribution is 0.0953. The third-order valence-corrected chi connectivity index (χ3v) is 6.47. The van der Waals surface area contributed by atoms with Gasteiger partial charge in [-0.2, -0.15) is 0 Å². The molecule has 1 amide bonds. The summed E-state index contributed by atoms with van der Waals surface area (Å²) in [7, 11) is -3.61. The molecular formula is C21H26N2O4S. The molecule has 0 heterocycles. The van der Waals surface area contributed by atoms with Crippen LogP contribution in [0.15, 0.2) is 53.4 Å². The van der Waals surface area contributed by atoms with Crippen LogP contribution < -0.4 is 10.0 Å². The number of phenolic OH excluding ortho intramolecular Hbond substituents is 1. The summed E-state index contributed by atoms with van der Waals surface area (Å²) in [4.78, 5) is 12.5. The maximum absolute atomic E-state index is 12.5. The highest BCUT2D eigenvalue weighted by molar-refractivity contribution is 7.89. The van der Waals surface area contributed by atoms with Crippen LogP contribution in [-0.4, -0.2) is 32.0 Å². The first-order valence-corrected chi connectivity index (χ1v) is 11.1. The Kier molecular flexibility index (Phi) is 6.70. The normalized spacial score (nSPS) is 14.9. The van der Waals surface area contributed by atoms with Crippen molar-refractivity contribution in [2.45, 2.75) is 49.5 Å². The van der Waals surface area contributed by atoms with E-state index >= 15 is 0 Å². The first-order chi connectivity index (χ1) is 13.4. The lowest BCUT2D eigenvalue weighted by Crippen LogP contribution is -2.33. The third kappa shape index (κ3) is 5.56. The van der Waals surface area contributed by atoms with E-state index in [1.54, 1.807) is 24.3 Å². The maximum Gasteiger partial charge on any atom is 0.251 e. The highest BCUT2D eigenvalue weighted by Gasteiger charge is 2.23. The largest absolute Gasteiger partial charge is 0.508 e. The van der Waals surface area contributed by atoms with E-state index in [2.05, 4.69) is 10.0 Å². The smallest absolute Gasteiger partial charge is 0.251 e. The molecule has 1 aliphatic carbocycles.